The Morgan fingerprint density at radius 1 is 0.750 bits per heavy atom. The number of aromatic nitrogens is 2. The van der Waals surface area contributed by atoms with E-state index in [2.05, 4.69) is 75.8 Å². The molecule has 0 bridgehead atoms. The third kappa shape index (κ3) is 11.9. The topological polar surface area (TPSA) is 98.8 Å². The van der Waals surface area contributed by atoms with Crippen molar-refractivity contribution in [3.63, 3.8) is 0 Å². The van der Waals surface area contributed by atoms with Crippen LogP contribution < -0.4 is 4.74 Å². The van der Waals surface area contributed by atoms with Gasteiger partial charge in [0.05, 0.1) is 17.6 Å². The number of rotatable bonds is 6. The molecule has 3 radical (unpaired) electrons. The first-order valence-corrected chi connectivity index (χ1v) is 16.6. The molecule has 2 aromatic heterocycles. The van der Waals surface area contributed by atoms with Crippen LogP contribution >= 0.6 is 0 Å². The van der Waals surface area contributed by atoms with Crippen LogP contribution in [0, 0.1) is 0 Å². The lowest BCUT2D eigenvalue weighted by Crippen LogP contribution is -2.45. The molecule has 11 nitrogen and oxygen atoms in total. The molecule has 6 rings (SSSR count). The average Bonchev–Trinajstić information content (AvgIpc) is 3.62. The van der Waals surface area contributed by atoms with Crippen LogP contribution in [0.5, 0.6) is 11.5 Å². The molecule has 2 aliphatic rings. The van der Waals surface area contributed by atoms with Crippen molar-refractivity contribution in [2.75, 3.05) is 92.8 Å². The molecule has 4 heterocycles. The van der Waals surface area contributed by atoms with Crippen molar-refractivity contribution >= 4 is 36.3 Å². The van der Waals surface area contributed by atoms with Crippen molar-refractivity contribution in [1.82, 2.24) is 28.7 Å². The standard InChI is InChI=1S/C16H23N3O.C13H15NO3.C7H16N2O.B/c1-17-7-9-19(10-8-17)11-12-20-15-4-3-14-5-6-18(2)16(14)13-15;1-13(2,3)17-12(16)14-7-6-9-4-5-10(15)8-11(9)14;1-8-2-4-9(5-3-8)6-7-10;/h3-6,13H,7-12H2,1-2H3;4-8,15H,1-3H3;10H,2-7H2,1H3;. The number of aromatic hydroxyl groups is 1. The van der Waals surface area contributed by atoms with Gasteiger partial charge in [0, 0.05) is 111 Å². The van der Waals surface area contributed by atoms with E-state index in [0.29, 0.717) is 12.1 Å². The van der Waals surface area contributed by atoms with Crippen molar-refractivity contribution in [3.05, 3.63) is 60.9 Å². The Morgan fingerprint density at radius 2 is 1.31 bits per heavy atom. The number of hydrogen-bond donors (Lipinski definition) is 2. The molecule has 0 unspecified atom stereocenters. The molecule has 2 N–H and O–H groups in total. The molecule has 0 saturated carbocycles. The minimum atomic E-state index is -0.537. The van der Waals surface area contributed by atoms with Crippen LogP contribution in [0.2, 0.25) is 0 Å². The minimum Gasteiger partial charge on any atom is -0.508 e. The van der Waals surface area contributed by atoms with Crippen molar-refractivity contribution in [1.29, 1.82) is 0 Å². The monoisotopic (exact) mass is 661 g/mol. The normalized spacial score (nSPS) is 16.4. The van der Waals surface area contributed by atoms with Gasteiger partial charge in [-0.3, -0.25) is 14.4 Å². The number of β-amino-alcohol motifs (C(OH)–C–C–N with tert-alkyl or cyclic N) is 1. The fourth-order valence-corrected chi connectivity index (χ4v) is 5.50. The molecule has 0 aliphatic carbocycles. The van der Waals surface area contributed by atoms with Gasteiger partial charge in [0.15, 0.2) is 0 Å². The number of phenolic OH excluding ortho intramolecular Hbond substituents is 1. The zero-order valence-electron chi connectivity index (χ0n) is 29.6. The van der Waals surface area contributed by atoms with Crippen LogP contribution in [-0.4, -0.2) is 152 Å². The van der Waals surface area contributed by atoms with Gasteiger partial charge < -0.3 is 34.1 Å². The molecule has 48 heavy (non-hydrogen) atoms. The highest BCUT2D eigenvalue weighted by atomic mass is 16.6. The summed E-state index contributed by atoms with van der Waals surface area (Å²) in [6, 6.07) is 15.1. The number of carbonyl (C=O) groups is 1. The summed E-state index contributed by atoms with van der Waals surface area (Å²) in [5.74, 6) is 1.09. The number of aryl methyl sites for hydroxylation is 1. The fourth-order valence-electron chi connectivity index (χ4n) is 5.50. The van der Waals surface area contributed by atoms with Gasteiger partial charge in [-0.1, -0.05) is 0 Å². The molecule has 2 aromatic carbocycles. The third-order valence-electron chi connectivity index (χ3n) is 8.41. The summed E-state index contributed by atoms with van der Waals surface area (Å²) >= 11 is 0. The number of likely N-dealkylation sites (N-methyl/N-ethyl adjacent to an activating group) is 2. The predicted octanol–water partition coefficient (Wildman–Crippen LogP) is 3.78. The third-order valence-corrected chi connectivity index (χ3v) is 8.41. The quantitative estimate of drug-likeness (QED) is 0.300. The molecule has 12 heteroatoms. The van der Waals surface area contributed by atoms with E-state index >= 15 is 0 Å². The lowest BCUT2D eigenvalue weighted by Gasteiger charge is -2.32. The lowest BCUT2D eigenvalue weighted by molar-refractivity contribution is 0.0544. The summed E-state index contributed by atoms with van der Waals surface area (Å²) < 4.78 is 14.7. The molecule has 0 atom stereocenters. The zero-order valence-corrected chi connectivity index (χ0v) is 29.6. The Kier molecular flexibility index (Phi) is 14.8. The number of benzene rings is 2. The van der Waals surface area contributed by atoms with E-state index in [1.807, 2.05) is 20.8 Å². The maximum absolute atomic E-state index is 11.9. The number of fused-ring (bicyclic) bond motifs is 2. The summed E-state index contributed by atoms with van der Waals surface area (Å²) in [5, 5.41) is 20.2. The number of aliphatic hydroxyl groups excluding tert-OH is 1. The van der Waals surface area contributed by atoms with Crippen molar-refractivity contribution in [3.8, 4) is 11.5 Å². The number of aliphatic hydroxyl groups is 1. The lowest BCUT2D eigenvalue weighted by atomic mass is 10.2. The Hall–Kier alpha value is -3.55. The van der Waals surface area contributed by atoms with Crippen LogP contribution in [0.25, 0.3) is 21.8 Å². The first-order chi connectivity index (χ1) is 22.4. The first kappa shape index (κ1) is 38.9. The smallest absolute Gasteiger partial charge is 0.418 e. The summed E-state index contributed by atoms with van der Waals surface area (Å²) in [6.07, 6.45) is 3.27. The number of piperazine rings is 2. The van der Waals surface area contributed by atoms with E-state index in [-0.39, 0.29) is 14.2 Å². The molecule has 0 spiro atoms. The SMILES string of the molecule is CC(C)(C)OC(=O)n1ccc2ccc(O)cc21.CN1CCN(CCO)CC1.CN1CCN(CCOc2ccc3ccn(C)c3c2)CC1.[B]. The van der Waals surface area contributed by atoms with Gasteiger partial charge >= 0.3 is 6.09 Å². The van der Waals surface area contributed by atoms with Gasteiger partial charge in [-0.25, -0.2) is 4.79 Å². The number of ether oxygens (including phenoxy) is 2. The van der Waals surface area contributed by atoms with Gasteiger partial charge in [0.1, 0.15) is 23.7 Å². The molecular formula is C36H54BN6O5. The van der Waals surface area contributed by atoms with Gasteiger partial charge in [-0.15, -0.1) is 0 Å². The van der Waals surface area contributed by atoms with Crippen molar-refractivity contribution < 1.29 is 24.5 Å². The minimum absolute atomic E-state index is 0. The van der Waals surface area contributed by atoms with Crippen LogP contribution in [0.4, 0.5) is 4.79 Å². The van der Waals surface area contributed by atoms with Gasteiger partial charge in [0.25, 0.3) is 0 Å². The first-order valence-electron chi connectivity index (χ1n) is 16.6. The van der Waals surface area contributed by atoms with E-state index in [1.165, 1.54) is 15.5 Å². The highest BCUT2D eigenvalue weighted by Crippen LogP contribution is 2.23. The van der Waals surface area contributed by atoms with E-state index in [1.54, 1.807) is 30.5 Å². The summed E-state index contributed by atoms with van der Waals surface area (Å²) in [7, 11) is 6.38. The largest absolute Gasteiger partial charge is 0.508 e. The average molecular weight is 662 g/mol. The Morgan fingerprint density at radius 3 is 1.92 bits per heavy atom. The maximum atomic E-state index is 11.9. The summed E-state index contributed by atoms with van der Waals surface area (Å²) in [4.78, 5) is 21.4. The molecule has 0 amide bonds. The molecule has 261 valence electrons. The predicted molar refractivity (Wildman–Crippen MR) is 194 cm³/mol. The molecule has 4 aromatic rings. The molecule has 2 fully saturated rings. The number of carbonyl (C=O) groups excluding carboxylic acids is 1. The van der Waals surface area contributed by atoms with Crippen LogP contribution in [0.15, 0.2) is 60.9 Å². The highest BCUT2D eigenvalue weighted by molar-refractivity contribution is 5.90. The second kappa shape index (κ2) is 18.3. The van der Waals surface area contributed by atoms with Crippen LogP contribution in [0.1, 0.15) is 20.8 Å². The summed E-state index contributed by atoms with van der Waals surface area (Å²) in [5.41, 5.74) is 1.33. The number of nitrogens with zero attached hydrogens (tertiary/aromatic N) is 6. The van der Waals surface area contributed by atoms with Gasteiger partial charge in [0.2, 0.25) is 0 Å². The van der Waals surface area contributed by atoms with E-state index in [4.69, 9.17) is 14.6 Å². The molecular weight excluding hydrogens is 607 g/mol. The van der Waals surface area contributed by atoms with Crippen LogP contribution in [-0.2, 0) is 11.8 Å². The van der Waals surface area contributed by atoms with E-state index in [9.17, 15) is 9.90 Å². The highest BCUT2D eigenvalue weighted by Gasteiger charge is 2.19. The van der Waals surface area contributed by atoms with E-state index in [0.717, 1.165) is 83.2 Å². The molecule has 2 saturated heterocycles. The molecule has 2 aliphatic heterocycles. The Balaban J connectivity index is 0.000000204. The summed E-state index contributed by atoms with van der Waals surface area (Å²) in [6.45, 7) is 17.5. The van der Waals surface area contributed by atoms with Crippen molar-refractivity contribution in [2.45, 2.75) is 26.4 Å². The van der Waals surface area contributed by atoms with Crippen LogP contribution in [0.3, 0.4) is 0 Å². The van der Waals surface area contributed by atoms with E-state index < -0.39 is 11.7 Å². The number of hydrogen-bond acceptors (Lipinski definition) is 9. The van der Waals surface area contributed by atoms with Crippen molar-refractivity contribution in [2.24, 2.45) is 7.05 Å². The Labute approximate surface area is 287 Å². The second-order valence-electron chi connectivity index (χ2n) is 13.4. The zero-order chi connectivity index (χ0) is 34.0. The number of phenols is 1. The Bertz CT molecular complexity index is 1550. The fraction of sp³-hybridized carbons (Fsp3) is 0.528. The maximum Gasteiger partial charge on any atom is 0.418 e. The second-order valence-corrected chi connectivity index (χ2v) is 13.4. The van der Waals surface area contributed by atoms with Gasteiger partial charge in [-0.05, 0) is 76.7 Å². The van der Waals surface area contributed by atoms with Gasteiger partial charge in [-0.2, -0.15) is 0 Å².